The molecule has 0 aliphatic heterocycles. The van der Waals surface area contributed by atoms with Gasteiger partial charge in [0.05, 0.1) is 16.8 Å². The molecule has 0 bridgehead atoms. The molecule has 5 nitrogen and oxygen atoms in total. The summed E-state index contributed by atoms with van der Waals surface area (Å²) >= 11 is 3.06. The molecule has 102 valence electrons. The number of nitrogens with one attached hydrogen (secondary N) is 1. The molecule has 2 rings (SSSR count). The van der Waals surface area contributed by atoms with Gasteiger partial charge in [0.15, 0.2) is 0 Å². The van der Waals surface area contributed by atoms with Crippen molar-refractivity contribution < 1.29 is 19.8 Å². The summed E-state index contributed by atoms with van der Waals surface area (Å²) in [7, 11) is 0. The molecule has 0 radical (unpaired) electrons. The van der Waals surface area contributed by atoms with Crippen molar-refractivity contribution in [2.24, 2.45) is 0 Å². The van der Waals surface area contributed by atoms with E-state index in [9.17, 15) is 14.7 Å². The molecule has 3 N–H and O–H groups in total. The first kappa shape index (κ1) is 14.1. The highest BCUT2D eigenvalue weighted by Gasteiger charge is 2.17. The van der Waals surface area contributed by atoms with Gasteiger partial charge < -0.3 is 15.5 Å². The molecule has 0 spiro atoms. The zero-order valence-electron chi connectivity index (χ0n) is 10.1. The lowest BCUT2D eigenvalue weighted by atomic mass is 10.1. The maximum Gasteiger partial charge on any atom is 0.337 e. The molecular weight excluding hydrogens is 326 g/mol. The Morgan fingerprint density at radius 1 is 0.950 bits per heavy atom. The normalized spacial score (nSPS) is 10.1. The van der Waals surface area contributed by atoms with Crippen LogP contribution in [-0.2, 0) is 0 Å². The molecule has 6 heteroatoms. The van der Waals surface area contributed by atoms with E-state index in [4.69, 9.17) is 5.11 Å². The number of carbonyl (C=O) groups is 2. The molecular formula is C14H10BrNO4. The van der Waals surface area contributed by atoms with E-state index in [1.54, 1.807) is 24.3 Å². The van der Waals surface area contributed by atoms with Crippen molar-refractivity contribution in [2.45, 2.75) is 0 Å². The second-order valence-corrected chi connectivity index (χ2v) is 4.83. The fourth-order valence-corrected chi connectivity index (χ4v) is 2.21. The Morgan fingerprint density at radius 2 is 1.55 bits per heavy atom. The lowest BCUT2D eigenvalue weighted by Gasteiger charge is -2.12. The molecule has 20 heavy (non-hydrogen) atoms. The Balaban J connectivity index is 2.51. The molecule has 0 unspecified atom stereocenters. The predicted molar refractivity (Wildman–Crippen MR) is 77.8 cm³/mol. The summed E-state index contributed by atoms with van der Waals surface area (Å²) in [4.78, 5) is 22.3. The predicted octanol–water partition coefficient (Wildman–Crippen LogP) is 3.59. The first-order valence-corrected chi connectivity index (χ1v) is 6.40. The maximum absolute atomic E-state index is 11.2. The third-order valence-corrected chi connectivity index (χ3v) is 3.28. The van der Waals surface area contributed by atoms with Crippen LogP contribution in [0.5, 0.6) is 0 Å². The number of hydrogen-bond acceptors (Lipinski definition) is 3. The van der Waals surface area contributed by atoms with Gasteiger partial charge in [-0.05, 0) is 40.2 Å². The lowest BCUT2D eigenvalue weighted by Crippen LogP contribution is -2.07. The number of carboxylic acids is 2. The quantitative estimate of drug-likeness (QED) is 0.794. The van der Waals surface area contributed by atoms with Crippen LogP contribution in [0.1, 0.15) is 20.7 Å². The fraction of sp³-hybridized carbons (Fsp3) is 0. The van der Waals surface area contributed by atoms with E-state index in [1.807, 2.05) is 6.07 Å². The van der Waals surface area contributed by atoms with Crippen LogP contribution in [0, 0.1) is 0 Å². The van der Waals surface area contributed by atoms with Crippen LogP contribution >= 0.6 is 15.9 Å². The molecule has 2 aromatic rings. The summed E-state index contributed by atoms with van der Waals surface area (Å²) < 4.78 is 0.223. The monoisotopic (exact) mass is 335 g/mol. The first-order valence-electron chi connectivity index (χ1n) is 5.61. The van der Waals surface area contributed by atoms with E-state index in [0.29, 0.717) is 5.69 Å². The van der Waals surface area contributed by atoms with E-state index < -0.39 is 11.9 Å². The van der Waals surface area contributed by atoms with Crippen LogP contribution in [0.4, 0.5) is 11.4 Å². The van der Waals surface area contributed by atoms with Crippen molar-refractivity contribution in [3.63, 3.8) is 0 Å². The highest BCUT2D eigenvalue weighted by Crippen LogP contribution is 2.28. The summed E-state index contributed by atoms with van der Waals surface area (Å²) in [5.74, 6) is -2.27. The highest BCUT2D eigenvalue weighted by molar-refractivity contribution is 9.10. The van der Waals surface area contributed by atoms with Crippen molar-refractivity contribution >= 4 is 39.2 Å². The average molecular weight is 336 g/mol. The first-order chi connectivity index (χ1) is 9.49. The summed E-state index contributed by atoms with van der Waals surface area (Å²) in [5, 5.41) is 21.2. The van der Waals surface area contributed by atoms with Crippen LogP contribution < -0.4 is 5.32 Å². The molecule has 0 amide bonds. The summed E-state index contributed by atoms with van der Waals surface area (Å²) in [6, 6.07) is 11.5. The van der Waals surface area contributed by atoms with Crippen LogP contribution in [0.25, 0.3) is 0 Å². The highest BCUT2D eigenvalue weighted by atomic mass is 79.9. The molecule has 0 saturated heterocycles. The third-order valence-electron chi connectivity index (χ3n) is 2.62. The molecule has 0 heterocycles. The second kappa shape index (κ2) is 5.75. The number of rotatable bonds is 4. The van der Waals surface area contributed by atoms with E-state index in [0.717, 1.165) is 0 Å². The molecule has 0 aromatic heterocycles. The Morgan fingerprint density at radius 3 is 2.10 bits per heavy atom. The van der Waals surface area contributed by atoms with Gasteiger partial charge in [-0.3, -0.25) is 0 Å². The van der Waals surface area contributed by atoms with E-state index in [2.05, 4.69) is 21.2 Å². The summed E-state index contributed by atoms with van der Waals surface area (Å²) in [6.45, 7) is 0. The van der Waals surface area contributed by atoms with Crippen molar-refractivity contribution in [2.75, 3.05) is 5.32 Å². The Bertz CT molecular complexity index is 670. The summed E-state index contributed by atoms with van der Waals surface area (Å²) in [5.41, 5.74) is 0.886. The van der Waals surface area contributed by atoms with Gasteiger partial charge in [-0.2, -0.15) is 0 Å². The van der Waals surface area contributed by atoms with E-state index >= 15 is 0 Å². The van der Waals surface area contributed by atoms with Crippen molar-refractivity contribution in [1.29, 1.82) is 0 Å². The zero-order chi connectivity index (χ0) is 14.7. The third kappa shape index (κ3) is 2.97. The summed E-state index contributed by atoms with van der Waals surface area (Å²) in [6.07, 6.45) is 0. The second-order valence-electron chi connectivity index (χ2n) is 3.98. The number of benzene rings is 2. The molecule has 0 aliphatic rings. The van der Waals surface area contributed by atoms with Crippen LogP contribution in [-0.4, -0.2) is 22.2 Å². The maximum atomic E-state index is 11.2. The topological polar surface area (TPSA) is 86.6 Å². The number of carboxylic acid groups (broad SMARTS) is 2. The largest absolute Gasteiger partial charge is 0.478 e. The van der Waals surface area contributed by atoms with Gasteiger partial charge in [0.1, 0.15) is 0 Å². The Kier molecular flexibility index (Phi) is 4.05. The van der Waals surface area contributed by atoms with Gasteiger partial charge in [-0.25, -0.2) is 9.59 Å². The Hall–Kier alpha value is -2.34. The molecule has 0 saturated carbocycles. The van der Waals surface area contributed by atoms with Gasteiger partial charge in [0, 0.05) is 10.2 Å². The number of halogens is 1. The van der Waals surface area contributed by atoms with Crippen LogP contribution in [0.3, 0.4) is 0 Å². The van der Waals surface area contributed by atoms with Crippen molar-refractivity contribution in [1.82, 2.24) is 0 Å². The van der Waals surface area contributed by atoms with Crippen molar-refractivity contribution in [3.05, 3.63) is 58.1 Å². The van der Waals surface area contributed by atoms with E-state index in [1.165, 1.54) is 12.1 Å². The van der Waals surface area contributed by atoms with Crippen molar-refractivity contribution in [3.8, 4) is 0 Å². The molecule has 0 atom stereocenters. The minimum Gasteiger partial charge on any atom is -0.478 e. The number of hydrogen-bond donors (Lipinski definition) is 3. The SMILES string of the molecule is O=C(O)c1cc(Nc2ccccc2)c(C(=O)O)cc1Br. The standard InChI is InChI=1S/C14H10BrNO4/c15-11-6-10(14(19)20)12(7-9(11)13(17)18)16-8-4-2-1-3-5-8/h1-7,16H,(H,17,18)(H,19,20). The fourth-order valence-electron chi connectivity index (χ4n) is 1.69. The van der Waals surface area contributed by atoms with Gasteiger partial charge in [-0.15, -0.1) is 0 Å². The average Bonchev–Trinajstić information content (AvgIpc) is 2.41. The minimum absolute atomic E-state index is 0.00608. The molecule has 0 aliphatic carbocycles. The molecule has 0 fully saturated rings. The van der Waals surface area contributed by atoms with Crippen LogP contribution in [0.2, 0.25) is 0 Å². The number of aromatic carboxylic acids is 2. The smallest absolute Gasteiger partial charge is 0.337 e. The lowest BCUT2D eigenvalue weighted by molar-refractivity contribution is 0.0681. The zero-order valence-corrected chi connectivity index (χ0v) is 11.7. The Labute approximate surface area is 123 Å². The van der Waals surface area contributed by atoms with Gasteiger partial charge >= 0.3 is 11.9 Å². The molecule has 2 aromatic carbocycles. The number of anilines is 2. The van der Waals surface area contributed by atoms with Crippen LogP contribution in [0.15, 0.2) is 46.9 Å². The van der Waals surface area contributed by atoms with Gasteiger partial charge in [0.2, 0.25) is 0 Å². The number of para-hydroxylation sites is 1. The van der Waals surface area contributed by atoms with Gasteiger partial charge in [-0.1, -0.05) is 18.2 Å². The van der Waals surface area contributed by atoms with Gasteiger partial charge in [0.25, 0.3) is 0 Å². The minimum atomic E-state index is -1.14. The van der Waals surface area contributed by atoms with E-state index in [-0.39, 0.29) is 21.3 Å².